The summed E-state index contributed by atoms with van der Waals surface area (Å²) >= 11 is 1.88. The molecule has 0 saturated carbocycles. The van der Waals surface area contributed by atoms with Crippen molar-refractivity contribution in [3.8, 4) is 11.1 Å². The van der Waals surface area contributed by atoms with Gasteiger partial charge in [0.15, 0.2) is 0 Å². The highest BCUT2D eigenvalue weighted by molar-refractivity contribution is 7.25. The van der Waals surface area contributed by atoms with Gasteiger partial charge < -0.3 is 9.80 Å². The zero-order valence-corrected chi connectivity index (χ0v) is 29.5. The lowest BCUT2D eigenvalue weighted by molar-refractivity contribution is 1.24. The molecule has 0 fully saturated rings. The van der Waals surface area contributed by atoms with Gasteiger partial charge in [-0.05, 0) is 110 Å². The lowest BCUT2D eigenvalue weighted by atomic mass is 9.33. The summed E-state index contributed by atoms with van der Waals surface area (Å²) in [5, 5.41) is 2.66. The number of fused-ring (bicyclic) bond motifs is 7. The molecule has 7 aromatic carbocycles. The van der Waals surface area contributed by atoms with Gasteiger partial charge in [-0.2, -0.15) is 0 Å². The van der Waals surface area contributed by atoms with Crippen molar-refractivity contribution in [3.63, 3.8) is 0 Å². The summed E-state index contributed by atoms with van der Waals surface area (Å²) in [6.45, 7) is 8.93. The van der Waals surface area contributed by atoms with Gasteiger partial charge in [-0.15, -0.1) is 11.3 Å². The van der Waals surface area contributed by atoms with Gasteiger partial charge in [0.25, 0.3) is 6.71 Å². The second-order valence-corrected chi connectivity index (χ2v) is 15.2. The summed E-state index contributed by atoms with van der Waals surface area (Å²) in [7, 11) is 0. The predicted molar refractivity (Wildman–Crippen MR) is 218 cm³/mol. The third kappa shape index (κ3) is 4.35. The molecule has 0 spiro atoms. The molecule has 238 valence electrons. The highest BCUT2D eigenvalue weighted by Gasteiger charge is 2.43. The quantitative estimate of drug-likeness (QED) is 0.174. The van der Waals surface area contributed by atoms with Crippen LogP contribution in [0.1, 0.15) is 22.3 Å². The number of aryl methyl sites for hydroxylation is 4. The second kappa shape index (κ2) is 11.0. The maximum absolute atomic E-state index is 2.54. The smallest absolute Gasteiger partial charge is 0.252 e. The largest absolute Gasteiger partial charge is 0.311 e. The summed E-state index contributed by atoms with van der Waals surface area (Å²) in [6.07, 6.45) is 0. The molecule has 0 saturated heterocycles. The molecule has 0 N–H and O–H groups in total. The van der Waals surface area contributed by atoms with Crippen molar-refractivity contribution in [1.29, 1.82) is 0 Å². The zero-order chi connectivity index (χ0) is 33.7. The molecule has 4 heteroatoms. The number of hydrogen-bond donors (Lipinski definition) is 0. The molecule has 10 rings (SSSR count). The van der Waals surface area contributed by atoms with E-state index in [1.807, 2.05) is 11.3 Å². The van der Waals surface area contributed by atoms with E-state index in [4.69, 9.17) is 0 Å². The zero-order valence-electron chi connectivity index (χ0n) is 28.7. The van der Waals surface area contributed by atoms with Gasteiger partial charge in [0.05, 0.1) is 5.69 Å². The first kappa shape index (κ1) is 29.4. The minimum Gasteiger partial charge on any atom is -0.311 e. The van der Waals surface area contributed by atoms with E-state index < -0.39 is 0 Å². The van der Waals surface area contributed by atoms with Gasteiger partial charge in [0.1, 0.15) is 0 Å². The fraction of sp³-hybridized carbons (Fsp3) is 0.0870. The lowest BCUT2D eigenvalue weighted by Crippen LogP contribution is -2.61. The van der Waals surface area contributed by atoms with Crippen molar-refractivity contribution in [2.75, 3.05) is 9.80 Å². The Bertz CT molecular complexity index is 2670. The molecule has 0 unspecified atom stereocenters. The fourth-order valence-corrected chi connectivity index (χ4v) is 9.53. The minimum absolute atomic E-state index is 0.118. The molecule has 0 bridgehead atoms. The van der Waals surface area contributed by atoms with Crippen molar-refractivity contribution in [2.45, 2.75) is 27.7 Å². The summed E-state index contributed by atoms with van der Waals surface area (Å²) < 4.78 is 2.66. The maximum Gasteiger partial charge on any atom is 0.252 e. The number of benzene rings is 7. The average Bonchev–Trinajstić information content (AvgIpc) is 3.50. The van der Waals surface area contributed by atoms with E-state index in [9.17, 15) is 0 Å². The van der Waals surface area contributed by atoms with Crippen LogP contribution in [0.2, 0.25) is 0 Å². The van der Waals surface area contributed by atoms with E-state index in [1.54, 1.807) is 0 Å². The monoisotopic (exact) mass is 658 g/mol. The van der Waals surface area contributed by atoms with Crippen molar-refractivity contribution in [1.82, 2.24) is 0 Å². The van der Waals surface area contributed by atoms with E-state index in [-0.39, 0.29) is 6.71 Å². The van der Waals surface area contributed by atoms with Crippen LogP contribution in [0, 0.1) is 27.7 Å². The van der Waals surface area contributed by atoms with Gasteiger partial charge >= 0.3 is 0 Å². The predicted octanol–water partition coefficient (Wildman–Crippen LogP) is 11.0. The molecule has 2 nitrogen and oxygen atoms in total. The van der Waals surface area contributed by atoms with Crippen LogP contribution in [0.15, 0.2) is 140 Å². The number of rotatable bonds is 3. The first-order valence-electron chi connectivity index (χ1n) is 17.5. The standard InChI is InChI=1S/C46H35BN2S/c1-28-12-18-33(19-13-28)48-40-22-15-30(3)25-37(40)47-38-26-31(4)16-23-41(38)49(43-10-7-9-42(48)46(43)47)39-21-14-29(2)24-36(39)32-17-20-35-34-8-5-6-11-44(34)50-45(35)27-32/h5-27H,1-4H3. The first-order chi connectivity index (χ1) is 24.4. The lowest BCUT2D eigenvalue weighted by Gasteiger charge is -2.44. The third-order valence-corrected chi connectivity index (χ3v) is 11.8. The second-order valence-electron chi connectivity index (χ2n) is 14.1. The Balaban J connectivity index is 1.25. The number of anilines is 6. The molecule has 0 amide bonds. The number of thiophene rings is 1. The molecule has 0 atom stereocenters. The maximum atomic E-state index is 2.54. The van der Waals surface area contributed by atoms with E-state index in [2.05, 4.69) is 177 Å². The van der Waals surface area contributed by atoms with Crippen LogP contribution in [-0.2, 0) is 0 Å². The Hall–Kier alpha value is -5.58. The molecule has 0 aliphatic carbocycles. The Labute approximate surface area is 298 Å². The highest BCUT2D eigenvalue weighted by Crippen LogP contribution is 2.47. The van der Waals surface area contributed by atoms with Crippen molar-refractivity contribution in [3.05, 3.63) is 162 Å². The van der Waals surface area contributed by atoms with Crippen LogP contribution in [0.3, 0.4) is 0 Å². The molecular formula is C46H35BN2S. The van der Waals surface area contributed by atoms with Crippen LogP contribution < -0.4 is 26.2 Å². The molecule has 1 aromatic heterocycles. The Kier molecular flexibility index (Phi) is 6.44. The van der Waals surface area contributed by atoms with Crippen LogP contribution in [0.25, 0.3) is 31.3 Å². The molecule has 2 aliphatic heterocycles. The van der Waals surface area contributed by atoms with Gasteiger partial charge in [0, 0.05) is 54.2 Å². The van der Waals surface area contributed by atoms with Gasteiger partial charge in [-0.3, -0.25) is 0 Å². The molecule has 0 radical (unpaired) electrons. The van der Waals surface area contributed by atoms with Gasteiger partial charge in [0.2, 0.25) is 0 Å². The fourth-order valence-electron chi connectivity index (χ4n) is 8.38. The molecule has 2 aliphatic rings. The summed E-state index contributed by atoms with van der Waals surface area (Å²) in [5.41, 5.74) is 19.0. The third-order valence-electron chi connectivity index (χ3n) is 10.7. The SMILES string of the molecule is Cc1ccc(N2c3ccc(C)cc3B3c4cc(C)ccc4N(c4ccc(C)cc4-c4ccc5c(c4)sc4ccccc45)c4cccc2c43)cc1. The van der Waals surface area contributed by atoms with E-state index >= 15 is 0 Å². The van der Waals surface area contributed by atoms with Crippen LogP contribution >= 0.6 is 11.3 Å². The molecule has 8 aromatic rings. The van der Waals surface area contributed by atoms with Crippen LogP contribution in [0.5, 0.6) is 0 Å². The van der Waals surface area contributed by atoms with E-state index in [0.29, 0.717) is 0 Å². The Morgan fingerprint density at radius 3 is 1.78 bits per heavy atom. The topological polar surface area (TPSA) is 6.48 Å². The van der Waals surface area contributed by atoms with Crippen LogP contribution in [0.4, 0.5) is 34.1 Å². The van der Waals surface area contributed by atoms with Crippen molar-refractivity contribution < 1.29 is 0 Å². The van der Waals surface area contributed by atoms with Crippen molar-refractivity contribution >= 4 is 88.7 Å². The summed E-state index contributed by atoms with van der Waals surface area (Å²) in [4.78, 5) is 5.02. The molecular weight excluding hydrogens is 623 g/mol. The Morgan fingerprint density at radius 1 is 0.440 bits per heavy atom. The first-order valence-corrected chi connectivity index (χ1v) is 18.3. The average molecular weight is 659 g/mol. The number of nitrogens with zero attached hydrogens (tertiary/aromatic N) is 2. The minimum atomic E-state index is 0.118. The number of hydrogen-bond acceptors (Lipinski definition) is 3. The van der Waals surface area contributed by atoms with E-state index in [0.717, 1.165) is 0 Å². The van der Waals surface area contributed by atoms with Gasteiger partial charge in [-0.25, -0.2) is 0 Å². The Morgan fingerprint density at radius 2 is 1.04 bits per heavy atom. The summed E-state index contributed by atoms with van der Waals surface area (Å²) in [5.74, 6) is 0. The van der Waals surface area contributed by atoms with Gasteiger partial charge in [-0.1, -0.05) is 101 Å². The van der Waals surface area contributed by atoms with Crippen LogP contribution in [-0.4, -0.2) is 6.71 Å². The highest BCUT2D eigenvalue weighted by atomic mass is 32.1. The van der Waals surface area contributed by atoms with Crippen molar-refractivity contribution in [2.24, 2.45) is 0 Å². The summed E-state index contributed by atoms with van der Waals surface area (Å²) in [6, 6.07) is 52.7. The molecule has 3 heterocycles. The van der Waals surface area contributed by atoms with E-state index in [1.165, 1.54) is 104 Å². The molecule has 50 heavy (non-hydrogen) atoms. The normalized spacial score (nSPS) is 13.1.